The van der Waals surface area contributed by atoms with Gasteiger partial charge in [-0.2, -0.15) is 5.10 Å². The lowest BCUT2D eigenvalue weighted by molar-refractivity contribution is -0.127. The molecule has 0 aliphatic carbocycles. The van der Waals surface area contributed by atoms with E-state index in [0.29, 0.717) is 24.3 Å². The maximum atomic E-state index is 12.8. The highest BCUT2D eigenvalue weighted by atomic mass is 32.2. The van der Waals surface area contributed by atoms with Crippen LogP contribution < -0.4 is 5.73 Å². The van der Waals surface area contributed by atoms with Crippen molar-refractivity contribution in [1.82, 2.24) is 14.7 Å². The van der Waals surface area contributed by atoms with Gasteiger partial charge in [0.25, 0.3) is 5.91 Å². The molecule has 1 atom stereocenters. The summed E-state index contributed by atoms with van der Waals surface area (Å²) in [7, 11) is -3.66. The predicted molar refractivity (Wildman–Crippen MR) is 123 cm³/mol. The van der Waals surface area contributed by atoms with Crippen LogP contribution in [-0.2, 0) is 14.6 Å². The summed E-state index contributed by atoms with van der Waals surface area (Å²) in [4.78, 5) is 26.2. The summed E-state index contributed by atoms with van der Waals surface area (Å²) < 4.78 is 27.4. The molecule has 0 bridgehead atoms. The van der Waals surface area contributed by atoms with E-state index in [1.807, 2.05) is 0 Å². The van der Waals surface area contributed by atoms with Gasteiger partial charge in [-0.3, -0.25) is 14.3 Å². The topological polar surface area (TPSA) is 115 Å². The van der Waals surface area contributed by atoms with E-state index in [1.54, 1.807) is 58.2 Å². The zero-order valence-corrected chi connectivity index (χ0v) is 18.7. The molecule has 33 heavy (non-hydrogen) atoms. The Morgan fingerprint density at radius 3 is 2.36 bits per heavy atom. The largest absolute Gasteiger partial charge is 0.365 e. The average molecular weight is 465 g/mol. The molecule has 2 heterocycles. The summed E-state index contributed by atoms with van der Waals surface area (Å²) in [6.07, 6.45) is 4.49. The monoisotopic (exact) mass is 464 g/mol. The molecule has 3 aromatic rings. The first-order valence-corrected chi connectivity index (χ1v) is 12.0. The Labute approximate surface area is 192 Å². The quantitative estimate of drug-likeness (QED) is 0.563. The fourth-order valence-corrected chi connectivity index (χ4v) is 5.28. The Hall–Kier alpha value is -3.72. The summed E-state index contributed by atoms with van der Waals surface area (Å²) in [5, 5.41) is 4.60. The molecule has 0 saturated carbocycles. The van der Waals surface area contributed by atoms with E-state index in [4.69, 9.17) is 5.73 Å². The first kappa shape index (κ1) is 22.5. The molecule has 2 aromatic carbocycles. The molecular weight excluding hydrogens is 440 g/mol. The predicted octanol–water partition coefficient (Wildman–Crippen LogP) is 2.83. The van der Waals surface area contributed by atoms with Gasteiger partial charge in [0.15, 0.2) is 0 Å². The maximum absolute atomic E-state index is 12.8. The van der Waals surface area contributed by atoms with Crippen molar-refractivity contribution < 1.29 is 18.0 Å². The van der Waals surface area contributed by atoms with E-state index in [1.165, 1.54) is 18.2 Å². The van der Waals surface area contributed by atoms with Gasteiger partial charge in [0.1, 0.15) is 5.69 Å². The van der Waals surface area contributed by atoms with Crippen LogP contribution in [0, 0.1) is 0 Å². The van der Waals surface area contributed by atoms with E-state index in [9.17, 15) is 18.0 Å². The number of benzene rings is 2. The van der Waals surface area contributed by atoms with Gasteiger partial charge in [-0.15, -0.1) is 0 Å². The zero-order chi connectivity index (χ0) is 23.6. The van der Waals surface area contributed by atoms with Crippen LogP contribution in [0.1, 0.15) is 29.2 Å². The molecule has 2 amide bonds. The number of nitrogens with zero attached hydrogens (tertiary/aromatic N) is 3. The van der Waals surface area contributed by atoms with E-state index in [2.05, 4.69) is 11.7 Å². The van der Waals surface area contributed by atoms with Crippen molar-refractivity contribution in [3.63, 3.8) is 0 Å². The average Bonchev–Trinajstić information content (AvgIpc) is 3.30. The third kappa shape index (κ3) is 4.45. The maximum Gasteiger partial charge on any atom is 0.252 e. The molecule has 1 aliphatic rings. The molecule has 1 saturated heterocycles. The lowest BCUT2D eigenvalue weighted by atomic mass is 10.1. The molecule has 2 N–H and O–H groups in total. The molecule has 4 rings (SSSR count). The number of primary amides is 1. The van der Waals surface area contributed by atoms with Crippen molar-refractivity contribution in [1.29, 1.82) is 0 Å². The van der Waals surface area contributed by atoms with Gasteiger partial charge in [-0.1, -0.05) is 36.9 Å². The van der Waals surface area contributed by atoms with Crippen molar-refractivity contribution >= 4 is 21.7 Å². The second-order valence-electron chi connectivity index (χ2n) is 7.86. The van der Waals surface area contributed by atoms with Gasteiger partial charge in [0, 0.05) is 24.8 Å². The fraction of sp³-hybridized carbons (Fsp3) is 0.208. The minimum atomic E-state index is -3.66. The van der Waals surface area contributed by atoms with Crippen molar-refractivity contribution in [2.45, 2.75) is 28.7 Å². The number of sulfone groups is 1. The third-order valence-electron chi connectivity index (χ3n) is 5.75. The Morgan fingerprint density at radius 1 is 1.06 bits per heavy atom. The standard InChI is InChI=1S/C24H24N4O4S/c1-2-22(29)27-14-6-7-18(15-27)28-16-21(24(25)30)23(26-28)17-10-12-20(13-11-17)33(31,32)19-8-4-3-5-9-19/h2-5,8-13,16,18H,1,6-7,14-15H2,(H2,25,30). The number of rotatable bonds is 6. The highest BCUT2D eigenvalue weighted by molar-refractivity contribution is 7.91. The van der Waals surface area contributed by atoms with Crippen LogP contribution in [0.4, 0.5) is 0 Å². The molecule has 9 heteroatoms. The SMILES string of the molecule is C=CC(=O)N1CCCC(n2cc(C(N)=O)c(-c3ccc(S(=O)(=O)c4ccccc4)cc3)n2)C1. The summed E-state index contributed by atoms with van der Waals surface area (Å²) in [5.74, 6) is -0.774. The van der Waals surface area contributed by atoms with Gasteiger partial charge in [0.05, 0.1) is 21.4 Å². The van der Waals surface area contributed by atoms with Crippen LogP contribution in [-0.4, -0.2) is 48.0 Å². The first-order chi connectivity index (χ1) is 15.8. The molecule has 1 fully saturated rings. The van der Waals surface area contributed by atoms with Crippen molar-refractivity contribution in [3.8, 4) is 11.3 Å². The number of hydrogen-bond acceptors (Lipinski definition) is 5. The second-order valence-corrected chi connectivity index (χ2v) is 9.81. The van der Waals surface area contributed by atoms with Crippen LogP contribution >= 0.6 is 0 Å². The van der Waals surface area contributed by atoms with Crippen molar-refractivity contribution in [2.24, 2.45) is 5.73 Å². The molecule has 0 spiro atoms. The van der Waals surface area contributed by atoms with Gasteiger partial charge < -0.3 is 10.6 Å². The summed E-state index contributed by atoms with van der Waals surface area (Å²) in [5.41, 5.74) is 6.78. The minimum Gasteiger partial charge on any atom is -0.365 e. The summed E-state index contributed by atoms with van der Waals surface area (Å²) >= 11 is 0. The van der Waals surface area contributed by atoms with Crippen LogP contribution in [0.25, 0.3) is 11.3 Å². The van der Waals surface area contributed by atoms with E-state index in [0.717, 1.165) is 12.8 Å². The third-order valence-corrected chi connectivity index (χ3v) is 7.53. The Bertz CT molecular complexity index is 1300. The van der Waals surface area contributed by atoms with Gasteiger partial charge in [-0.25, -0.2) is 8.42 Å². The molecule has 1 aromatic heterocycles. The van der Waals surface area contributed by atoms with Crippen LogP contribution in [0.5, 0.6) is 0 Å². The van der Waals surface area contributed by atoms with Crippen LogP contribution in [0.2, 0.25) is 0 Å². The highest BCUT2D eigenvalue weighted by Gasteiger charge is 2.26. The molecule has 8 nitrogen and oxygen atoms in total. The molecule has 170 valence electrons. The number of nitrogens with two attached hydrogens (primary N) is 1. The lowest BCUT2D eigenvalue weighted by Crippen LogP contribution is -2.40. The molecule has 1 unspecified atom stereocenters. The number of amides is 2. The van der Waals surface area contributed by atoms with Gasteiger partial charge >= 0.3 is 0 Å². The lowest BCUT2D eigenvalue weighted by Gasteiger charge is -2.32. The number of carbonyl (C=O) groups is 2. The highest BCUT2D eigenvalue weighted by Crippen LogP contribution is 2.29. The van der Waals surface area contributed by atoms with Crippen LogP contribution in [0.15, 0.2) is 83.2 Å². The number of hydrogen-bond donors (Lipinski definition) is 1. The number of piperidine rings is 1. The minimum absolute atomic E-state index is 0.104. The molecular formula is C24H24N4O4S. The van der Waals surface area contributed by atoms with Gasteiger partial charge in [-0.05, 0) is 43.2 Å². The van der Waals surface area contributed by atoms with E-state index in [-0.39, 0.29) is 27.3 Å². The number of aromatic nitrogens is 2. The van der Waals surface area contributed by atoms with Gasteiger partial charge in [0.2, 0.25) is 15.7 Å². The Balaban J connectivity index is 1.65. The molecule has 1 aliphatic heterocycles. The van der Waals surface area contributed by atoms with E-state index >= 15 is 0 Å². The van der Waals surface area contributed by atoms with Crippen molar-refractivity contribution in [2.75, 3.05) is 13.1 Å². The Kier molecular flexibility index (Phi) is 6.15. The first-order valence-electron chi connectivity index (χ1n) is 10.5. The van der Waals surface area contributed by atoms with Crippen LogP contribution in [0.3, 0.4) is 0 Å². The normalized spacial score (nSPS) is 16.4. The Morgan fingerprint density at radius 2 is 1.73 bits per heavy atom. The van der Waals surface area contributed by atoms with E-state index < -0.39 is 15.7 Å². The van der Waals surface area contributed by atoms with Crippen molar-refractivity contribution in [3.05, 3.63) is 79.0 Å². The number of likely N-dealkylation sites (tertiary alicyclic amines) is 1. The number of carbonyl (C=O) groups excluding carboxylic acids is 2. The summed E-state index contributed by atoms with van der Waals surface area (Å²) in [6, 6.07) is 14.3. The fourth-order valence-electron chi connectivity index (χ4n) is 4.00. The zero-order valence-electron chi connectivity index (χ0n) is 17.9. The smallest absolute Gasteiger partial charge is 0.252 e. The second kappa shape index (κ2) is 9.03. The molecule has 0 radical (unpaired) electrons. The summed E-state index contributed by atoms with van der Waals surface area (Å²) in [6.45, 7) is 4.65.